The van der Waals surface area contributed by atoms with Gasteiger partial charge < -0.3 is 0 Å². The summed E-state index contributed by atoms with van der Waals surface area (Å²) >= 11 is 5.97. The highest BCUT2D eigenvalue weighted by molar-refractivity contribution is 6.30. The average Bonchev–Trinajstić information content (AvgIpc) is 2.72. The third kappa shape index (κ3) is 5.26. The number of carbonyl (C=O) groups excluding carboxylic acids is 2. The maximum absolute atomic E-state index is 12.6. The van der Waals surface area contributed by atoms with Gasteiger partial charge in [0.2, 0.25) is 0 Å². The number of benzene rings is 3. The first kappa shape index (κ1) is 18.8. The van der Waals surface area contributed by atoms with Crippen molar-refractivity contribution < 1.29 is 9.59 Å². The largest absolute Gasteiger partial charge is 0.294 e. The first-order chi connectivity index (χ1) is 13.1. The molecule has 0 aromatic heterocycles. The highest BCUT2D eigenvalue weighted by Gasteiger charge is 2.18. The first-order valence-electron chi connectivity index (χ1n) is 8.58. The molecule has 3 aromatic carbocycles. The van der Waals surface area contributed by atoms with Gasteiger partial charge in [-0.15, -0.1) is 0 Å². The summed E-state index contributed by atoms with van der Waals surface area (Å²) in [5.74, 6) is -0.279. The number of ketones is 1. The van der Waals surface area contributed by atoms with Gasteiger partial charge in [0, 0.05) is 22.6 Å². The van der Waals surface area contributed by atoms with Crippen LogP contribution in [0.15, 0.2) is 84.9 Å². The fraction of sp³-hybridized carbons (Fsp3) is 0.0909. The smallest absolute Gasteiger partial charge is 0.265 e. The molecule has 0 radical (unpaired) electrons. The minimum Gasteiger partial charge on any atom is -0.294 e. The van der Waals surface area contributed by atoms with E-state index >= 15 is 0 Å². The fourth-order valence-electron chi connectivity index (χ4n) is 2.69. The van der Waals surface area contributed by atoms with E-state index in [2.05, 4.69) is 10.9 Å². The third-order valence-electron chi connectivity index (χ3n) is 4.15. The van der Waals surface area contributed by atoms with Crippen LogP contribution in [0, 0.1) is 0 Å². The lowest BCUT2D eigenvalue weighted by molar-refractivity contribution is 0.0900. The number of halogens is 1. The molecule has 0 aliphatic carbocycles. The Balaban J connectivity index is 1.74. The molecule has 2 N–H and O–H groups in total. The van der Waals surface area contributed by atoms with Gasteiger partial charge in [-0.25, -0.2) is 5.43 Å². The maximum atomic E-state index is 12.6. The van der Waals surface area contributed by atoms with Crippen molar-refractivity contribution in [2.45, 2.75) is 12.5 Å². The molecule has 1 amide bonds. The van der Waals surface area contributed by atoms with Crippen molar-refractivity contribution >= 4 is 23.3 Å². The quantitative estimate of drug-likeness (QED) is 0.467. The summed E-state index contributed by atoms with van der Waals surface area (Å²) in [5, 5.41) is 0.611. The molecule has 0 fully saturated rings. The number of hydrogen-bond acceptors (Lipinski definition) is 3. The second kappa shape index (κ2) is 9.12. The van der Waals surface area contributed by atoms with Crippen molar-refractivity contribution in [1.82, 2.24) is 10.9 Å². The topological polar surface area (TPSA) is 58.2 Å². The summed E-state index contributed by atoms with van der Waals surface area (Å²) in [7, 11) is 0. The molecule has 0 aliphatic heterocycles. The van der Waals surface area contributed by atoms with Gasteiger partial charge in [0.15, 0.2) is 5.78 Å². The second-order valence-corrected chi connectivity index (χ2v) is 6.50. The molecule has 1 atom stereocenters. The molecule has 136 valence electrons. The molecule has 0 bridgehead atoms. The maximum Gasteiger partial charge on any atom is 0.265 e. The van der Waals surface area contributed by atoms with E-state index in [1.54, 1.807) is 48.5 Å². The van der Waals surface area contributed by atoms with Crippen LogP contribution >= 0.6 is 11.6 Å². The Morgan fingerprint density at radius 2 is 1.33 bits per heavy atom. The summed E-state index contributed by atoms with van der Waals surface area (Å²) in [4.78, 5) is 24.9. The molecule has 0 saturated heterocycles. The number of rotatable bonds is 7. The highest BCUT2D eigenvalue weighted by Crippen LogP contribution is 2.21. The van der Waals surface area contributed by atoms with Crippen LogP contribution in [0.3, 0.4) is 0 Å². The molecule has 0 spiro atoms. The monoisotopic (exact) mass is 378 g/mol. The zero-order chi connectivity index (χ0) is 19.1. The van der Waals surface area contributed by atoms with Crippen molar-refractivity contribution in [3.05, 3.63) is 107 Å². The van der Waals surface area contributed by atoms with Crippen LogP contribution in [0.1, 0.15) is 38.7 Å². The van der Waals surface area contributed by atoms with Gasteiger partial charge in [0.1, 0.15) is 0 Å². The van der Waals surface area contributed by atoms with Gasteiger partial charge in [-0.2, -0.15) is 0 Å². The molecule has 0 heterocycles. The van der Waals surface area contributed by atoms with Crippen LogP contribution in [-0.4, -0.2) is 11.7 Å². The van der Waals surface area contributed by atoms with Crippen LogP contribution in [0.2, 0.25) is 5.02 Å². The number of hydrogen-bond donors (Lipinski definition) is 2. The van der Waals surface area contributed by atoms with E-state index in [1.165, 1.54) is 0 Å². The highest BCUT2D eigenvalue weighted by atomic mass is 35.5. The normalized spacial score (nSPS) is 11.6. The van der Waals surface area contributed by atoms with Gasteiger partial charge in [0.25, 0.3) is 5.91 Å². The Hall–Kier alpha value is -2.95. The lowest BCUT2D eigenvalue weighted by Gasteiger charge is -2.19. The molecular weight excluding hydrogens is 360 g/mol. The van der Waals surface area contributed by atoms with Crippen LogP contribution in [0.4, 0.5) is 0 Å². The van der Waals surface area contributed by atoms with Gasteiger partial charge in [-0.3, -0.25) is 15.0 Å². The molecule has 0 saturated carbocycles. The summed E-state index contributed by atoms with van der Waals surface area (Å²) in [6.07, 6.45) is 0.195. The summed E-state index contributed by atoms with van der Waals surface area (Å²) in [6.45, 7) is 0. The number of Topliss-reactive ketones (excluding diaryl/α,β-unsaturated/α-hetero) is 1. The van der Waals surface area contributed by atoms with E-state index in [-0.39, 0.29) is 24.2 Å². The molecule has 3 rings (SSSR count). The van der Waals surface area contributed by atoms with E-state index in [0.717, 1.165) is 5.56 Å². The lowest BCUT2D eigenvalue weighted by Crippen LogP contribution is -2.40. The van der Waals surface area contributed by atoms with Crippen LogP contribution in [-0.2, 0) is 0 Å². The van der Waals surface area contributed by atoms with Crippen molar-refractivity contribution in [2.75, 3.05) is 0 Å². The Morgan fingerprint density at radius 1 is 0.778 bits per heavy atom. The van der Waals surface area contributed by atoms with Gasteiger partial charge in [0.05, 0.1) is 6.04 Å². The zero-order valence-electron chi connectivity index (χ0n) is 14.6. The Bertz CT molecular complexity index is 897. The molecule has 0 aliphatic rings. The number of amides is 1. The molecular formula is C22H19ClN2O2. The molecule has 27 heavy (non-hydrogen) atoms. The van der Waals surface area contributed by atoms with E-state index in [9.17, 15) is 9.59 Å². The summed E-state index contributed by atoms with van der Waals surface area (Å²) in [6, 6.07) is 24.8. The predicted molar refractivity (Wildman–Crippen MR) is 107 cm³/mol. The molecule has 0 unspecified atom stereocenters. The SMILES string of the molecule is O=C(C[C@H](NNC(=O)c1ccccc1)c1ccc(Cl)cc1)c1ccccc1. The van der Waals surface area contributed by atoms with E-state index in [0.29, 0.717) is 16.1 Å². The third-order valence-corrected chi connectivity index (χ3v) is 4.41. The van der Waals surface area contributed by atoms with Gasteiger partial charge in [-0.05, 0) is 29.8 Å². The van der Waals surface area contributed by atoms with Gasteiger partial charge in [-0.1, -0.05) is 72.3 Å². The Labute approximate surface area is 163 Å². The van der Waals surface area contributed by atoms with Crippen molar-refractivity contribution in [2.24, 2.45) is 0 Å². The van der Waals surface area contributed by atoms with E-state index < -0.39 is 0 Å². The van der Waals surface area contributed by atoms with Gasteiger partial charge >= 0.3 is 0 Å². The molecule has 4 nitrogen and oxygen atoms in total. The lowest BCUT2D eigenvalue weighted by atomic mass is 9.98. The van der Waals surface area contributed by atoms with Crippen molar-refractivity contribution in [3.8, 4) is 0 Å². The van der Waals surface area contributed by atoms with E-state index in [1.807, 2.05) is 36.4 Å². The first-order valence-corrected chi connectivity index (χ1v) is 8.96. The summed E-state index contributed by atoms with van der Waals surface area (Å²) in [5.41, 5.74) is 7.71. The molecule has 5 heteroatoms. The van der Waals surface area contributed by atoms with Crippen molar-refractivity contribution in [1.29, 1.82) is 0 Å². The van der Waals surface area contributed by atoms with E-state index in [4.69, 9.17) is 11.6 Å². The predicted octanol–water partition coefficient (Wildman–Crippen LogP) is 4.59. The Kier molecular flexibility index (Phi) is 6.36. The van der Waals surface area contributed by atoms with Crippen molar-refractivity contribution in [3.63, 3.8) is 0 Å². The molecule has 3 aromatic rings. The fourth-order valence-corrected chi connectivity index (χ4v) is 2.81. The van der Waals surface area contributed by atoms with Crippen LogP contribution in [0.25, 0.3) is 0 Å². The Morgan fingerprint density at radius 3 is 1.93 bits per heavy atom. The number of carbonyl (C=O) groups is 2. The van der Waals surface area contributed by atoms with Crippen LogP contribution < -0.4 is 10.9 Å². The average molecular weight is 379 g/mol. The number of nitrogens with one attached hydrogen (secondary N) is 2. The minimum atomic E-state index is -0.386. The standard InChI is InChI=1S/C22H19ClN2O2/c23-19-13-11-16(12-14-19)20(15-21(26)17-7-3-1-4-8-17)24-25-22(27)18-9-5-2-6-10-18/h1-14,20,24H,15H2,(H,25,27)/t20-/m0/s1. The number of hydrazine groups is 1. The van der Waals surface area contributed by atoms with Crippen LogP contribution in [0.5, 0.6) is 0 Å². The zero-order valence-corrected chi connectivity index (χ0v) is 15.3. The second-order valence-electron chi connectivity index (χ2n) is 6.06. The minimum absolute atomic E-state index is 0.0167. The summed E-state index contributed by atoms with van der Waals surface area (Å²) < 4.78 is 0.